The lowest BCUT2D eigenvalue weighted by Crippen LogP contribution is -2.49. The molecule has 3 aliphatic rings. The van der Waals surface area contributed by atoms with Crippen molar-refractivity contribution < 1.29 is 33.0 Å². The number of alkyl halides is 1. The van der Waals surface area contributed by atoms with E-state index in [1.54, 1.807) is 24.3 Å². The van der Waals surface area contributed by atoms with E-state index in [0.717, 1.165) is 0 Å². The molecular weight excluding hydrogens is 603 g/mol. The Balaban J connectivity index is 1.52. The molecule has 1 aliphatic carbocycles. The molecule has 6 rings (SSSR count). The summed E-state index contributed by atoms with van der Waals surface area (Å²) in [6.45, 7) is -0.601. The van der Waals surface area contributed by atoms with Gasteiger partial charge in [-0.25, -0.2) is 9.18 Å². The fourth-order valence-electron chi connectivity index (χ4n) is 6.68. The van der Waals surface area contributed by atoms with Crippen LogP contribution in [0.4, 0.5) is 20.2 Å². The zero-order valence-electron chi connectivity index (χ0n) is 22.8. The summed E-state index contributed by atoms with van der Waals surface area (Å²) in [4.78, 5) is 39.9. The summed E-state index contributed by atoms with van der Waals surface area (Å²) in [5.74, 6) is -4.09. The van der Waals surface area contributed by atoms with Crippen molar-refractivity contribution in [2.24, 2.45) is 5.41 Å². The number of carboxylic acids is 1. The van der Waals surface area contributed by atoms with Crippen LogP contribution in [0, 0.1) is 11.2 Å². The highest BCUT2D eigenvalue weighted by Gasteiger charge is 2.67. The van der Waals surface area contributed by atoms with Crippen LogP contribution in [0.2, 0.25) is 10.0 Å². The number of carbonyl (C=O) groups is 3. The molecule has 0 bridgehead atoms. The van der Waals surface area contributed by atoms with Crippen molar-refractivity contribution in [3.63, 3.8) is 0 Å². The Bertz CT molecular complexity index is 1670. The summed E-state index contributed by atoms with van der Waals surface area (Å²) in [7, 11) is 1.33. The Hall–Kier alpha value is -3.73. The topological polar surface area (TPSA) is 117 Å². The third-order valence-corrected chi connectivity index (χ3v) is 9.52. The second kappa shape index (κ2) is 10.8. The van der Waals surface area contributed by atoms with Crippen LogP contribution >= 0.6 is 23.2 Å². The van der Waals surface area contributed by atoms with Gasteiger partial charge in [-0.1, -0.05) is 41.4 Å². The number of benzene rings is 3. The lowest BCUT2D eigenvalue weighted by Gasteiger charge is -2.36. The van der Waals surface area contributed by atoms with Gasteiger partial charge in [0.05, 0.1) is 36.1 Å². The van der Waals surface area contributed by atoms with Gasteiger partial charge in [-0.05, 0) is 66.8 Å². The number of carbonyl (C=O) groups excluding carboxylic acids is 2. The number of halogens is 4. The van der Waals surface area contributed by atoms with E-state index in [0.29, 0.717) is 29.1 Å². The number of nitrogens with one attached hydrogen (secondary N) is 3. The van der Waals surface area contributed by atoms with E-state index in [-0.39, 0.29) is 34.0 Å². The van der Waals surface area contributed by atoms with Crippen molar-refractivity contribution >= 4 is 52.4 Å². The summed E-state index contributed by atoms with van der Waals surface area (Å²) in [5, 5.41) is 18.5. The Morgan fingerprint density at radius 1 is 1.14 bits per heavy atom. The van der Waals surface area contributed by atoms with Gasteiger partial charge in [0.25, 0.3) is 0 Å². The molecule has 1 spiro atoms. The second-order valence-corrected chi connectivity index (χ2v) is 12.2. The Morgan fingerprint density at radius 2 is 1.91 bits per heavy atom. The molecule has 1 saturated heterocycles. The number of hydrogen-bond donors (Lipinski definition) is 4. The number of aromatic carboxylic acids is 1. The summed E-state index contributed by atoms with van der Waals surface area (Å²) in [6, 6.07) is 11.3. The molecule has 43 heavy (non-hydrogen) atoms. The summed E-state index contributed by atoms with van der Waals surface area (Å²) in [6.07, 6.45) is 1.46. The minimum atomic E-state index is -1.53. The van der Waals surface area contributed by atoms with Crippen LogP contribution in [0.25, 0.3) is 0 Å². The standard InChI is InChI=1S/C31H27Cl2F2N3O5/c1-43-22-11-15(28(40)41)5-8-20(22)36-27(39)26-24(17-3-2-4-19(33)25(17)35)31(23(38-26)13-30(14-34)9-10-30)18-7-6-16(32)12-21(18)37-29(31)42/h2-8,11-12,23-24,26,38H,9-10,13-14H2,1H3,(H,36,39)(H,37,42)(H,40,41)/t23-,24-,26+,31+/m0/s1. The average Bonchev–Trinajstić information content (AvgIpc) is 3.60. The largest absolute Gasteiger partial charge is 0.495 e. The van der Waals surface area contributed by atoms with Crippen molar-refractivity contribution in [3.8, 4) is 5.75 Å². The Kier molecular flexibility index (Phi) is 7.35. The predicted octanol–water partition coefficient (Wildman–Crippen LogP) is 5.93. The summed E-state index contributed by atoms with van der Waals surface area (Å²) < 4.78 is 35.6. The average molecular weight is 630 g/mol. The maximum Gasteiger partial charge on any atom is 0.335 e. The molecule has 0 unspecified atom stereocenters. The number of methoxy groups -OCH3 is 1. The van der Waals surface area contributed by atoms with Crippen LogP contribution in [0.1, 0.15) is 46.7 Å². The molecule has 0 radical (unpaired) electrons. The highest BCUT2D eigenvalue weighted by molar-refractivity contribution is 6.31. The molecular formula is C31H27Cl2F2N3O5. The molecule has 8 nitrogen and oxygen atoms in total. The van der Waals surface area contributed by atoms with Crippen LogP contribution in [0.15, 0.2) is 54.6 Å². The van der Waals surface area contributed by atoms with Crippen molar-refractivity contribution in [1.82, 2.24) is 5.32 Å². The molecule has 2 heterocycles. The van der Waals surface area contributed by atoms with Crippen molar-refractivity contribution in [3.05, 3.63) is 87.2 Å². The van der Waals surface area contributed by atoms with Gasteiger partial charge < -0.3 is 25.8 Å². The van der Waals surface area contributed by atoms with Crippen LogP contribution in [-0.2, 0) is 15.0 Å². The monoisotopic (exact) mass is 629 g/mol. The maximum atomic E-state index is 15.9. The highest BCUT2D eigenvalue weighted by atomic mass is 35.5. The lowest BCUT2D eigenvalue weighted by atomic mass is 9.63. The number of anilines is 2. The lowest BCUT2D eigenvalue weighted by molar-refractivity contribution is -0.122. The first-order chi connectivity index (χ1) is 20.5. The van der Waals surface area contributed by atoms with E-state index < -0.39 is 59.1 Å². The number of carboxylic acid groups (broad SMARTS) is 1. The fraction of sp³-hybridized carbons (Fsp3) is 0.323. The van der Waals surface area contributed by atoms with Gasteiger partial charge in [0.15, 0.2) is 0 Å². The van der Waals surface area contributed by atoms with E-state index in [1.807, 2.05) is 0 Å². The number of amides is 2. The minimum absolute atomic E-state index is 0.0406. The Labute approximate surface area is 255 Å². The maximum absolute atomic E-state index is 15.9. The third-order valence-electron chi connectivity index (χ3n) is 8.99. The van der Waals surface area contributed by atoms with Crippen molar-refractivity contribution in [2.45, 2.75) is 42.7 Å². The molecule has 4 N–H and O–H groups in total. The number of rotatable bonds is 8. The van der Waals surface area contributed by atoms with Gasteiger partial charge in [0.1, 0.15) is 17.0 Å². The van der Waals surface area contributed by atoms with Crippen LogP contribution in [-0.4, -0.2) is 48.8 Å². The molecule has 3 aromatic carbocycles. The van der Waals surface area contributed by atoms with E-state index >= 15 is 4.39 Å². The number of hydrogen-bond acceptors (Lipinski definition) is 5. The van der Waals surface area contributed by atoms with Crippen LogP contribution < -0.4 is 20.7 Å². The first kappa shape index (κ1) is 29.3. The molecule has 2 fully saturated rings. The molecule has 12 heteroatoms. The van der Waals surface area contributed by atoms with Gasteiger partial charge >= 0.3 is 5.97 Å². The number of ether oxygens (including phenoxy) is 1. The zero-order valence-corrected chi connectivity index (χ0v) is 24.4. The number of fused-ring (bicyclic) bond motifs is 2. The van der Waals surface area contributed by atoms with Crippen LogP contribution in [0.5, 0.6) is 5.75 Å². The molecule has 0 aromatic heterocycles. The van der Waals surface area contributed by atoms with E-state index in [4.69, 9.17) is 27.9 Å². The first-order valence-electron chi connectivity index (χ1n) is 13.6. The molecule has 224 valence electrons. The van der Waals surface area contributed by atoms with E-state index in [1.165, 1.54) is 37.4 Å². The molecule has 4 atom stereocenters. The van der Waals surface area contributed by atoms with Gasteiger partial charge in [0.2, 0.25) is 11.8 Å². The first-order valence-corrected chi connectivity index (χ1v) is 14.4. The van der Waals surface area contributed by atoms with Crippen LogP contribution in [0.3, 0.4) is 0 Å². The quantitative estimate of drug-likeness (QED) is 0.245. The van der Waals surface area contributed by atoms with Gasteiger partial charge in [-0.2, -0.15) is 0 Å². The van der Waals surface area contributed by atoms with E-state index in [2.05, 4.69) is 16.0 Å². The third kappa shape index (κ3) is 4.72. The van der Waals surface area contributed by atoms with Crippen molar-refractivity contribution in [2.75, 3.05) is 24.4 Å². The van der Waals surface area contributed by atoms with Gasteiger partial charge in [-0.3, -0.25) is 14.0 Å². The summed E-state index contributed by atoms with van der Waals surface area (Å²) in [5.41, 5.74) is -1.10. The smallest absolute Gasteiger partial charge is 0.335 e. The minimum Gasteiger partial charge on any atom is -0.495 e. The Morgan fingerprint density at radius 3 is 2.58 bits per heavy atom. The van der Waals surface area contributed by atoms with E-state index in [9.17, 15) is 23.9 Å². The second-order valence-electron chi connectivity index (χ2n) is 11.4. The molecule has 2 amide bonds. The normalized spacial score (nSPS) is 24.9. The molecule has 2 aliphatic heterocycles. The molecule has 3 aromatic rings. The molecule has 1 saturated carbocycles. The predicted molar refractivity (Wildman–Crippen MR) is 157 cm³/mol. The van der Waals surface area contributed by atoms with Gasteiger partial charge in [0, 0.05) is 28.1 Å². The highest BCUT2D eigenvalue weighted by Crippen LogP contribution is 2.60. The fourth-order valence-corrected chi connectivity index (χ4v) is 7.03. The summed E-state index contributed by atoms with van der Waals surface area (Å²) >= 11 is 12.5. The zero-order chi connectivity index (χ0) is 30.7. The van der Waals surface area contributed by atoms with Gasteiger partial charge in [-0.15, -0.1) is 0 Å². The van der Waals surface area contributed by atoms with Crippen molar-refractivity contribution in [1.29, 1.82) is 0 Å². The SMILES string of the molecule is COc1cc(C(=O)O)ccc1NC(=O)[C@@H]1N[C@@H](CC2(CF)CC2)[C@@]2(C(=O)Nc3cc(Cl)ccc32)[C@H]1c1cccc(Cl)c1F.